The van der Waals surface area contributed by atoms with E-state index in [1.807, 2.05) is 6.07 Å². The smallest absolute Gasteiger partial charge is 0.335 e. The van der Waals surface area contributed by atoms with E-state index in [4.69, 9.17) is 5.11 Å². The van der Waals surface area contributed by atoms with Crippen molar-refractivity contribution in [2.24, 2.45) is 0 Å². The molecule has 2 aromatic carbocycles. The van der Waals surface area contributed by atoms with Gasteiger partial charge in [-0.15, -0.1) is 11.8 Å². The summed E-state index contributed by atoms with van der Waals surface area (Å²) in [5.41, 5.74) is 3.88. The molecule has 0 fully saturated rings. The van der Waals surface area contributed by atoms with E-state index in [0.717, 1.165) is 11.3 Å². The fourth-order valence-corrected chi connectivity index (χ4v) is 2.88. The Labute approximate surface area is 117 Å². The molecule has 2 rings (SSSR count). The Kier molecular flexibility index (Phi) is 4.27. The van der Waals surface area contributed by atoms with Gasteiger partial charge in [0.25, 0.3) is 0 Å². The number of carboxylic acid groups (broad SMARTS) is 1. The molecule has 0 heterocycles. The molecular formula is C16H16O2S. The summed E-state index contributed by atoms with van der Waals surface area (Å²) in [7, 11) is 0. The van der Waals surface area contributed by atoms with Gasteiger partial charge in [-0.1, -0.05) is 29.8 Å². The lowest BCUT2D eigenvalue weighted by molar-refractivity contribution is 0.0697. The zero-order chi connectivity index (χ0) is 13.8. The lowest BCUT2D eigenvalue weighted by Gasteiger charge is -2.07. The average Bonchev–Trinajstić information content (AvgIpc) is 2.40. The van der Waals surface area contributed by atoms with Crippen molar-refractivity contribution >= 4 is 17.7 Å². The molecule has 0 radical (unpaired) electrons. The number of benzene rings is 2. The molecule has 98 valence electrons. The lowest BCUT2D eigenvalue weighted by atomic mass is 10.1. The molecule has 0 spiro atoms. The van der Waals surface area contributed by atoms with Crippen LogP contribution >= 0.6 is 11.8 Å². The quantitative estimate of drug-likeness (QED) is 0.843. The molecule has 19 heavy (non-hydrogen) atoms. The van der Waals surface area contributed by atoms with Crippen LogP contribution in [-0.2, 0) is 5.75 Å². The van der Waals surface area contributed by atoms with Gasteiger partial charge in [-0.2, -0.15) is 0 Å². The zero-order valence-electron chi connectivity index (χ0n) is 11.0. The predicted octanol–water partition coefficient (Wildman–Crippen LogP) is 4.29. The highest BCUT2D eigenvalue weighted by Gasteiger charge is 2.05. The third kappa shape index (κ3) is 3.61. The third-order valence-electron chi connectivity index (χ3n) is 2.91. The third-order valence-corrected chi connectivity index (χ3v) is 4.14. The first-order valence-electron chi connectivity index (χ1n) is 6.08. The first-order valence-corrected chi connectivity index (χ1v) is 7.07. The monoisotopic (exact) mass is 272 g/mol. The van der Waals surface area contributed by atoms with Crippen LogP contribution in [-0.4, -0.2) is 11.1 Å². The van der Waals surface area contributed by atoms with E-state index in [-0.39, 0.29) is 0 Å². The van der Waals surface area contributed by atoms with Gasteiger partial charge in [-0.25, -0.2) is 4.79 Å². The van der Waals surface area contributed by atoms with Crippen LogP contribution < -0.4 is 0 Å². The van der Waals surface area contributed by atoms with Gasteiger partial charge < -0.3 is 5.11 Å². The topological polar surface area (TPSA) is 37.3 Å². The van der Waals surface area contributed by atoms with Gasteiger partial charge in [-0.05, 0) is 43.2 Å². The van der Waals surface area contributed by atoms with Crippen molar-refractivity contribution in [3.63, 3.8) is 0 Å². The first kappa shape index (κ1) is 13.7. The molecule has 0 aliphatic rings. The first-order chi connectivity index (χ1) is 9.06. The molecule has 0 bridgehead atoms. The number of carbonyl (C=O) groups is 1. The summed E-state index contributed by atoms with van der Waals surface area (Å²) in [6.07, 6.45) is 0. The second-order valence-corrected chi connectivity index (χ2v) is 5.58. The number of aromatic carboxylic acids is 1. The largest absolute Gasteiger partial charge is 0.478 e. The van der Waals surface area contributed by atoms with E-state index in [1.165, 1.54) is 16.0 Å². The van der Waals surface area contributed by atoms with E-state index in [1.54, 1.807) is 30.0 Å². The van der Waals surface area contributed by atoms with E-state index in [9.17, 15) is 4.79 Å². The number of aryl methyl sites for hydroxylation is 2. The van der Waals surface area contributed by atoms with Crippen molar-refractivity contribution < 1.29 is 9.90 Å². The zero-order valence-corrected chi connectivity index (χ0v) is 11.8. The summed E-state index contributed by atoms with van der Waals surface area (Å²) < 4.78 is 0. The summed E-state index contributed by atoms with van der Waals surface area (Å²) in [6.45, 7) is 4.17. The van der Waals surface area contributed by atoms with Gasteiger partial charge in [0.2, 0.25) is 0 Å². The van der Waals surface area contributed by atoms with Gasteiger partial charge in [0.1, 0.15) is 0 Å². The SMILES string of the molecule is Cc1ccc(C)c(SCc2cccc(C(=O)O)c2)c1. The molecule has 0 aliphatic heterocycles. The van der Waals surface area contributed by atoms with E-state index in [2.05, 4.69) is 32.0 Å². The Hall–Kier alpha value is -1.74. The Morgan fingerprint density at radius 2 is 1.95 bits per heavy atom. The van der Waals surface area contributed by atoms with Crippen molar-refractivity contribution in [3.05, 3.63) is 64.7 Å². The Morgan fingerprint density at radius 1 is 1.16 bits per heavy atom. The van der Waals surface area contributed by atoms with Gasteiger partial charge in [0.15, 0.2) is 0 Å². The van der Waals surface area contributed by atoms with Crippen LogP contribution in [0.15, 0.2) is 47.4 Å². The maximum absolute atomic E-state index is 10.9. The molecule has 0 unspecified atom stereocenters. The number of hydrogen-bond donors (Lipinski definition) is 1. The minimum Gasteiger partial charge on any atom is -0.478 e. The Morgan fingerprint density at radius 3 is 2.68 bits per heavy atom. The van der Waals surface area contributed by atoms with Crippen LogP contribution in [0.25, 0.3) is 0 Å². The maximum Gasteiger partial charge on any atom is 0.335 e. The summed E-state index contributed by atoms with van der Waals surface area (Å²) in [6, 6.07) is 13.5. The number of hydrogen-bond acceptors (Lipinski definition) is 2. The number of thioether (sulfide) groups is 1. The summed E-state index contributed by atoms with van der Waals surface area (Å²) in [5, 5.41) is 8.97. The molecule has 0 aromatic heterocycles. The molecule has 0 saturated carbocycles. The van der Waals surface area contributed by atoms with E-state index < -0.39 is 5.97 Å². The normalized spacial score (nSPS) is 10.4. The molecular weight excluding hydrogens is 256 g/mol. The minimum absolute atomic E-state index is 0.346. The Balaban J connectivity index is 2.12. The minimum atomic E-state index is -0.876. The molecule has 3 heteroatoms. The Bertz CT molecular complexity index is 605. The van der Waals surface area contributed by atoms with Crippen molar-refractivity contribution in [1.29, 1.82) is 0 Å². The number of rotatable bonds is 4. The highest BCUT2D eigenvalue weighted by molar-refractivity contribution is 7.98. The van der Waals surface area contributed by atoms with Crippen molar-refractivity contribution in [3.8, 4) is 0 Å². The van der Waals surface area contributed by atoms with E-state index in [0.29, 0.717) is 5.56 Å². The second-order valence-electron chi connectivity index (χ2n) is 4.56. The number of carboxylic acids is 1. The molecule has 2 aromatic rings. The van der Waals surface area contributed by atoms with Crippen LogP contribution in [0.2, 0.25) is 0 Å². The fraction of sp³-hybridized carbons (Fsp3) is 0.188. The van der Waals surface area contributed by atoms with Crippen molar-refractivity contribution in [2.75, 3.05) is 0 Å². The van der Waals surface area contributed by atoms with Crippen LogP contribution in [0.3, 0.4) is 0 Å². The highest BCUT2D eigenvalue weighted by atomic mass is 32.2. The summed E-state index contributed by atoms with van der Waals surface area (Å²) in [4.78, 5) is 12.2. The molecule has 1 N–H and O–H groups in total. The average molecular weight is 272 g/mol. The fourth-order valence-electron chi connectivity index (χ4n) is 1.82. The van der Waals surface area contributed by atoms with Crippen molar-refractivity contribution in [1.82, 2.24) is 0 Å². The van der Waals surface area contributed by atoms with Crippen molar-refractivity contribution in [2.45, 2.75) is 24.5 Å². The molecule has 0 saturated heterocycles. The van der Waals surface area contributed by atoms with Crippen LogP contribution in [0.4, 0.5) is 0 Å². The maximum atomic E-state index is 10.9. The summed E-state index contributed by atoms with van der Waals surface area (Å²) in [5.74, 6) is -0.0932. The summed E-state index contributed by atoms with van der Waals surface area (Å²) >= 11 is 1.74. The van der Waals surface area contributed by atoms with Crippen LogP contribution in [0.5, 0.6) is 0 Å². The molecule has 0 atom stereocenters. The van der Waals surface area contributed by atoms with Crippen LogP contribution in [0.1, 0.15) is 27.0 Å². The molecule has 0 amide bonds. The molecule has 2 nitrogen and oxygen atoms in total. The van der Waals surface area contributed by atoms with Gasteiger partial charge in [0.05, 0.1) is 5.56 Å². The van der Waals surface area contributed by atoms with E-state index >= 15 is 0 Å². The van der Waals surface area contributed by atoms with Gasteiger partial charge in [0, 0.05) is 10.6 Å². The second kappa shape index (κ2) is 5.93. The predicted molar refractivity (Wildman–Crippen MR) is 78.9 cm³/mol. The van der Waals surface area contributed by atoms with Crippen LogP contribution in [0, 0.1) is 13.8 Å². The van der Waals surface area contributed by atoms with Gasteiger partial charge >= 0.3 is 5.97 Å². The lowest BCUT2D eigenvalue weighted by Crippen LogP contribution is -1.96. The highest BCUT2D eigenvalue weighted by Crippen LogP contribution is 2.27. The standard InChI is InChI=1S/C16H16O2S/c1-11-6-7-12(2)15(8-11)19-10-13-4-3-5-14(9-13)16(17)18/h3-9H,10H2,1-2H3,(H,17,18). The van der Waals surface area contributed by atoms with Gasteiger partial charge in [-0.3, -0.25) is 0 Å². The molecule has 0 aliphatic carbocycles.